The van der Waals surface area contributed by atoms with E-state index in [2.05, 4.69) is 9.27 Å². The molecule has 0 fully saturated rings. The lowest BCUT2D eigenvalue weighted by Crippen LogP contribution is -2.25. The summed E-state index contributed by atoms with van der Waals surface area (Å²) in [6, 6.07) is 16.6. The minimum absolute atomic E-state index is 0.392. The van der Waals surface area contributed by atoms with Crippen LogP contribution in [0.5, 0.6) is 0 Å². The van der Waals surface area contributed by atoms with Gasteiger partial charge in [0.15, 0.2) is 5.82 Å². The molecule has 2 aromatic carbocycles. The van der Waals surface area contributed by atoms with Crippen molar-refractivity contribution in [3.8, 4) is 11.3 Å². The number of rotatable bonds is 7. The molecule has 0 radical (unpaired) electrons. The van der Waals surface area contributed by atoms with Gasteiger partial charge in [-0.2, -0.15) is 17.5 Å². The molecule has 4 nitrogen and oxygen atoms in total. The Hall–Kier alpha value is -2.84. The molecule has 30 heavy (non-hydrogen) atoms. The fourth-order valence-electron chi connectivity index (χ4n) is 3.30. The molecule has 4 aromatic rings. The summed E-state index contributed by atoms with van der Waals surface area (Å²) in [5.41, 5.74) is 5.40. The number of nitrogens with two attached hydrogens (primary N) is 1. The number of hydrogen-bond acceptors (Lipinski definition) is 5. The van der Waals surface area contributed by atoms with Crippen LogP contribution < -0.4 is 10.6 Å². The fraction of sp³-hybridized carbons (Fsp3) is 0.227. The summed E-state index contributed by atoms with van der Waals surface area (Å²) in [7, 11) is 0. The van der Waals surface area contributed by atoms with Gasteiger partial charge in [0.2, 0.25) is 0 Å². The standard InChI is InChI=1S/C22H20F3N3OS/c23-22(24,25)16-6-3-5-15(13-16)19-10-9-17(29-19)14-28(12-4-11-26)21-18-7-1-2-8-20(18)30-27-21/h1-3,5-10,13H,4,11-12,14,26H2. The third kappa shape index (κ3) is 4.34. The van der Waals surface area contributed by atoms with Crippen molar-refractivity contribution in [2.75, 3.05) is 18.0 Å². The molecule has 0 spiro atoms. The van der Waals surface area contributed by atoms with Gasteiger partial charge in [0.1, 0.15) is 11.5 Å². The average molecular weight is 431 g/mol. The number of halogens is 3. The van der Waals surface area contributed by atoms with E-state index in [9.17, 15) is 13.2 Å². The van der Waals surface area contributed by atoms with Crippen molar-refractivity contribution in [3.63, 3.8) is 0 Å². The Kier molecular flexibility index (Phi) is 5.78. The maximum Gasteiger partial charge on any atom is 0.416 e. The Morgan fingerprint density at radius 3 is 2.67 bits per heavy atom. The van der Waals surface area contributed by atoms with Gasteiger partial charge in [-0.25, -0.2) is 0 Å². The zero-order chi connectivity index (χ0) is 21.1. The quantitative estimate of drug-likeness (QED) is 0.394. The van der Waals surface area contributed by atoms with Gasteiger partial charge < -0.3 is 15.1 Å². The lowest BCUT2D eigenvalue weighted by molar-refractivity contribution is -0.137. The molecule has 0 aliphatic carbocycles. The van der Waals surface area contributed by atoms with Crippen LogP contribution in [0, 0.1) is 0 Å². The molecular weight excluding hydrogens is 411 g/mol. The summed E-state index contributed by atoms with van der Waals surface area (Å²) in [6.45, 7) is 1.70. The second-order valence-electron chi connectivity index (χ2n) is 6.91. The number of nitrogens with zero attached hydrogens (tertiary/aromatic N) is 2. The predicted octanol–water partition coefficient (Wildman–Crippen LogP) is 5.93. The van der Waals surface area contributed by atoms with Crippen LogP contribution in [-0.4, -0.2) is 17.5 Å². The molecule has 0 amide bonds. The van der Waals surface area contributed by atoms with Gasteiger partial charge in [0.25, 0.3) is 0 Å². The molecule has 0 unspecified atom stereocenters. The van der Waals surface area contributed by atoms with Crippen LogP contribution >= 0.6 is 11.5 Å². The lowest BCUT2D eigenvalue weighted by Gasteiger charge is -2.21. The van der Waals surface area contributed by atoms with Crippen molar-refractivity contribution in [2.24, 2.45) is 5.73 Å². The molecule has 0 saturated carbocycles. The van der Waals surface area contributed by atoms with Crippen LogP contribution in [0.1, 0.15) is 17.7 Å². The zero-order valence-corrected chi connectivity index (χ0v) is 16.8. The predicted molar refractivity (Wildman–Crippen MR) is 113 cm³/mol. The first kappa shape index (κ1) is 20.4. The van der Waals surface area contributed by atoms with E-state index in [1.165, 1.54) is 17.6 Å². The smallest absolute Gasteiger partial charge is 0.416 e. The summed E-state index contributed by atoms with van der Waals surface area (Å²) < 4.78 is 50.6. The summed E-state index contributed by atoms with van der Waals surface area (Å²) in [5, 5.41) is 1.06. The third-order valence-corrected chi connectivity index (χ3v) is 5.59. The summed E-state index contributed by atoms with van der Waals surface area (Å²) in [4.78, 5) is 2.10. The molecule has 0 aliphatic heterocycles. The number of anilines is 1. The van der Waals surface area contributed by atoms with Crippen molar-refractivity contribution >= 4 is 27.4 Å². The Bertz CT molecular complexity index is 1140. The van der Waals surface area contributed by atoms with Gasteiger partial charge >= 0.3 is 6.18 Å². The van der Waals surface area contributed by atoms with E-state index < -0.39 is 11.7 Å². The van der Waals surface area contributed by atoms with E-state index in [1.807, 2.05) is 24.3 Å². The highest BCUT2D eigenvalue weighted by molar-refractivity contribution is 7.13. The highest BCUT2D eigenvalue weighted by Crippen LogP contribution is 2.34. The van der Waals surface area contributed by atoms with Gasteiger partial charge in [-0.15, -0.1) is 0 Å². The van der Waals surface area contributed by atoms with Gasteiger partial charge in [-0.05, 0) is 60.9 Å². The van der Waals surface area contributed by atoms with E-state index in [0.717, 1.165) is 34.5 Å². The first-order valence-corrected chi connectivity index (χ1v) is 10.3. The Labute approximate surface area is 175 Å². The number of furan rings is 1. The number of aromatic nitrogens is 1. The van der Waals surface area contributed by atoms with Crippen molar-refractivity contribution in [3.05, 3.63) is 72.0 Å². The average Bonchev–Trinajstić information content (AvgIpc) is 3.38. The third-order valence-electron chi connectivity index (χ3n) is 4.77. The topological polar surface area (TPSA) is 55.3 Å². The molecular formula is C22H20F3N3OS. The maximum atomic E-state index is 13.0. The zero-order valence-electron chi connectivity index (χ0n) is 16.0. The molecule has 0 atom stereocenters. The second-order valence-corrected chi connectivity index (χ2v) is 7.72. The van der Waals surface area contributed by atoms with Crippen LogP contribution in [0.4, 0.5) is 19.0 Å². The molecule has 2 N–H and O–H groups in total. The van der Waals surface area contributed by atoms with E-state index in [1.54, 1.807) is 18.2 Å². The Morgan fingerprint density at radius 1 is 1.03 bits per heavy atom. The number of benzene rings is 2. The molecule has 0 aliphatic rings. The Balaban J connectivity index is 1.60. The van der Waals surface area contributed by atoms with Crippen LogP contribution in [0.2, 0.25) is 0 Å². The Morgan fingerprint density at radius 2 is 1.87 bits per heavy atom. The number of hydrogen-bond donors (Lipinski definition) is 1. The number of fused-ring (bicyclic) bond motifs is 1. The molecule has 8 heteroatoms. The highest BCUT2D eigenvalue weighted by Gasteiger charge is 2.30. The maximum absolute atomic E-state index is 13.0. The molecule has 0 saturated heterocycles. The summed E-state index contributed by atoms with van der Waals surface area (Å²) in [5.74, 6) is 1.91. The summed E-state index contributed by atoms with van der Waals surface area (Å²) in [6.07, 6.45) is -3.61. The van der Waals surface area contributed by atoms with Crippen molar-refractivity contribution in [1.82, 2.24) is 4.37 Å². The van der Waals surface area contributed by atoms with Gasteiger partial charge in [-0.3, -0.25) is 0 Å². The SMILES string of the molecule is NCCCN(Cc1ccc(-c2cccc(C(F)(F)F)c2)o1)c1nsc2ccccc12. The molecule has 156 valence electrons. The lowest BCUT2D eigenvalue weighted by atomic mass is 10.1. The van der Waals surface area contributed by atoms with Gasteiger partial charge in [0, 0.05) is 17.5 Å². The first-order valence-electron chi connectivity index (χ1n) is 9.51. The van der Waals surface area contributed by atoms with E-state index in [0.29, 0.717) is 36.7 Å². The monoisotopic (exact) mass is 431 g/mol. The molecule has 4 rings (SSSR count). The van der Waals surface area contributed by atoms with Gasteiger partial charge in [-0.1, -0.05) is 24.3 Å². The van der Waals surface area contributed by atoms with Crippen LogP contribution in [0.25, 0.3) is 21.4 Å². The van der Waals surface area contributed by atoms with E-state index >= 15 is 0 Å². The normalized spacial score (nSPS) is 11.9. The highest BCUT2D eigenvalue weighted by atomic mass is 32.1. The molecule has 2 aromatic heterocycles. The summed E-state index contributed by atoms with van der Waals surface area (Å²) >= 11 is 1.43. The van der Waals surface area contributed by atoms with Crippen molar-refractivity contribution in [1.29, 1.82) is 0 Å². The minimum atomic E-state index is -4.39. The van der Waals surface area contributed by atoms with Crippen molar-refractivity contribution in [2.45, 2.75) is 19.1 Å². The van der Waals surface area contributed by atoms with Crippen molar-refractivity contribution < 1.29 is 17.6 Å². The van der Waals surface area contributed by atoms with E-state index in [-0.39, 0.29) is 0 Å². The van der Waals surface area contributed by atoms with Gasteiger partial charge in [0.05, 0.1) is 16.8 Å². The fourth-order valence-corrected chi connectivity index (χ4v) is 4.09. The van der Waals surface area contributed by atoms with E-state index in [4.69, 9.17) is 10.2 Å². The van der Waals surface area contributed by atoms with Crippen LogP contribution in [0.15, 0.2) is 65.1 Å². The first-order chi connectivity index (χ1) is 14.5. The number of alkyl halides is 3. The van der Waals surface area contributed by atoms with Crippen LogP contribution in [-0.2, 0) is 12.7 Å². The molecule has 0 bridgehead atoms. The minimum Gasteiger partial charge on any atom is -0.459 e. The largest absolute Gasteiger partial charge is 0.459 e. The second kappa shape index (κ2) is 8.49. The van der Waals surface area contributed by atoms with Crippen LogP contribution in [0.3, 0.4) is 0 Å². The molecule has 2 heterocycles.